The first-order chi connectivity index (χ1) is 7.59. The lowest BCUT2D eigenvalue weighted by molar-refractivity contribution is -0.120. The normalized spacial score (nSPS) is 22.4. The van der Waals surface area contributed by atoms with E-state index in [2.05, 4.69) is 31.4 Å². The van der Waals surface area contributed by atoms with Crippen LogP contribution in [-0.4, -0.2) is 38.3 Å². The van der Waals surface area contributed by atoms with Crippen molar-refractivity contribution < 1.29 is 9.53 Å². The van der Waals surface area contributed by atoms with Gasteiger partial charge in [-0.3, -0.25) is 4.79 Å². The third-order valence-electron chi connectivity index (χ3n) is 2.96. The van der Waals surface area contributed by atoms with E-state index in [4.69, 9.17) is 4.74 Å². The molecule has 0 radical (unpaired) electrons. The van der Waals surface area contributed by atoms with Crippen LogP contribution in [0.5, 0.6) is 0 Å². The lowest BCUT2D eigenvalue weighted by Crippen LogP contribution is -2.42. The van der Waals surface area contributed by atoms with Crippen molar-refractivity contribution in [1.82, 2.24) is 10.6 Å². The van der Waals surface area contributed by atoms with Crippen LogP contribution in [0, 0.1) is 11.8 Å². The smallest absolute Gasteiger partial charge is 0.233 e. The summed E-state index contributed by atoms with van der Waals surface area (Å²) in [4.78, 5) is 11.5. The molecule has 16 heavy (non-hydrogen) atoms. The van der Waals surface area contributed by atoms with Gasteiger partial charge in [-0.25, -0.2) is 0 Å². The predicted octanol–water partition coefficient (Wildman–Crippen LogP) is 0.773. The molecule has 0 spiro atoms. The molecule has 1 heterocycles. The first-order valence-electron chi connectivity index (χ1n) is 6.17. The van der Waals surface area contributed by atoms with Crippen molar-refractivity contribution in [1.29, 1.82) is 0 Å². The molecule has 0 bridgehead atoms. The van der Waals surface area contributed by atoms with Crippen molar-refractivity contribution in [3.63, 3.8) is 0 Å². The van der Waals surface area contributed by atoms with Crippen LogP contribution < -0.4 is 10.6 Å². The van der Waals surface area contributed by atoms with Gasteiger partial charge in [0.05, 0.1) is 13.2 Å². The Balaban J connectivity index is 2.10. The number of ether oxygens (including phenoxy) is 1. The molecule has 2 atom stereocenters. The molecule has 1 saturated heterocycles. The maximum Gasteiger partial charge on any atom is 0.233 e. The second kappa shape index (κ2) is 6.86. The van der Waals surface area contributed by atoms with Gasteiger partial charge in [-0.2, -0.15) is 0 Å². The Labute approximate surface area is 98.1 Å². The van der Waals surface area contributed by atoms with Gasteiger partial charge in [0.15, 0.2) is 0 Å². The summed E-state index contributed by atoms with van der Waals surface area (Å²) >= 11 is 0. The largest absolute Gasteiger partial charge is 0.381 e. The van der Waals surface area contributed by atoms with E-state index >= 15 is 0 Å². The van der Waals surface area contributed by atoms with Crippen molar-refractivity contribution in [2.45, 2.75) is 33.2 Å². The molecular formula is C12H24N2O2. The van der Waals surface area contributed by atoms with E-state index in [1.165, 1.54) is 0 Å². The van der Waals surface area contributed by atoms with E-state index in [9.17, 15) is 4.79 Å². The molecule has 2 N–H and O–H groups in total. The van der Waals surface area contributed by atoms with Crippen LogP contribution in [0.2, 0.25) is 0 Å². The van der Waals surface area contributed by atoms with Crippen molar-refractivity contribution in [3.05, 3.63) is 0 Å². The monoisotopic (exact) mass is 228 g/mol. The summed E-state index contributed by atoms with van der Waals surface area (Å²) in [5.74, 6) is 1.14. The number of hydrogen-bond acceptors (Lipinski definition) is 3. The Kier molecular flexibility index (Phi) is 5.77. The van der Waals surface area contributed by atoms with E-state index in [0.717, 1.165) is 26.2 Å². The highest BCUT2D eigenvalue weighted by atomic mass is 16.5. The fourth-order valence-corrected chi connectivity index (χ4v) is 1.75. The molecule has 1 aliphatic rings. The zero-order valence-electron chi connectivity index (χ0n) is 10.6. The van der Waals surface area contributed by atoms with E-state index in [-0.39, 0.29) is 5.91 Å². The summed E-state index contributed by atoms with van der Waals surface area (Å²) < 4.78 is 5.32. The zero-order valence-corrected chi connectivity index (χ0v) is 10.6. The Morgan fingerprint density at radius 3 is 2.75 bits per heavy atom. The molecular weight excluding hydrogens is 204 g/mol. The summed E-state index contributed by atoms with van der Waals surface area (Å²) in [7, 11) is 0. The van der Waals surface area contributed by atoms with Gasteiger partial charge in [-0.15, -0.1) is 0 Å². The SMILES string of the molecule is CC(C)CNC(=O)CNC(C)C1CCOC1. The first-order valence-corrected chi connectivity index (χ1v) is 6.17. The topological polar surface area (TPSA) is 50.4 Å². The lowest BCUT2D eigenvalue weighted by atomic mass is 10.0. The van der Waals surface area contributed by atoms with Gasteiger partial charge in [-0.1, -0.05) is 13.8 Å². The third kappa shape index (κ3) is 4.94. The van der Waals surface area contributed by atoms with Gasteiger partial charge >= 0.3 is 0 Å². The summed E-state index contributed by atoms with van der Waals surface area (Å²) in [6, 6.07) is 0.354. The summed E-state index contributed by atoms with van der Waals surface area (Å²) in [5.41, 5.74) is 0. The molecule has 0 aromatic carbocycles. The standard InChI is InChI=1S/C12H24N2O2/c1-9(2)6-14-12(15)7-13-10(3)11-4-5-16-8-11/h9-11,13H,4-8H2,1-3H3,(H,14,15). The van der Waals surface area contributed by atoms with Crippen molar-refractivity contribution in [2.24, 2.45) is 11.8 Å². The van der Waals surface area contributed by atoms with Gasteiger partial charge in [0, 0.05) is 19.2 Å². The van der Waals surface area contributed by atoms with Gasteiger partial charge < -0.3 is 15.4 Å². The number of amides is 1. The second-order valence-corrected chi connectivity index (χ2v) is 4.99. The van der Waals surface area contributed by atoms with E-state index < -0.39 is 0 Å². The van der Waals surface area contributed by atoms with Gasteiger partial charge in [0.1, 0.15) is 0 Å². The highest BCUT2D eigenvalue weighted by Crippen LogP contribution is 2.15. The Morgan fingerprint density at radius 2 is 2.19 bits per heavy atom. The minimum atomic E-state index is 0.0828. The lowest BCUT2D eigenvalue weighted by Gasteiger charge is -2.19. The molecule has 4 nitrogen and oxygen atoms in total. The van der Waals surface area contributed by atoms with Crippen LogP contribution in [0.25, 0.3) is 0 Å². The molecule has 1 rings (SSSR count). The molecule has 4 heteroatoms. The zero-order chi connectivity index (χ0) is 12.0. The Bertz CT molecular complexity index is 213. The van der Waals surface area contributed by atoms with Gasteiger partial charge in [-0.05, 0) is 25.2 Å². The maximum atomic E-state index is 11.5. The molecule has 94 valence electrons. The average molecular weight is 228 g/mol. The maximum absolute atomic E-state index is 11.5. The second-order valence-electron chi connectivity index (χ2n) is 4.99. The van der Waals surface area contributed by atoms with Crippen LogP contribution in [0.1, 0.15) is 27.2 Å². The third-order valence-corrected chi connectivity index (χ3v) is 2.96. The Hall–Kier alpha value is -0.610. The summed E-state index contributed by atoms with van der Waals surface area (Å²) in [6.45, 7) is 9.14. The summed E-state index contributed by atoms with van der Waals surface area (Å²) in [6.07, 6.45) is 1.10. The number of rotatable bonds is 6. The Morgan fingerprint density at radius 1 is 1.44 bits per heavy atom. The molecule has 1 fully saturated rings. The number of nitrogens with one attached hydrogen (secondary N) is 2. The molecule has 0 saturated carbocycles. The molecule has 1 amide bonds. The van der Waals surface area contributed by atoms with E-state index in [1.807, 2.05) is 0 Å². The molecule has 0 aromatic rings. The molecule has 0 aromatic heterocycles. The summed E-state index contributed by atoms with van der Waals surface area (Å²) in [5, 5.41) is 6.15. The minimum Gasteiger partial charge on any atom is -0.381 e. The fourth-order valence-electron chi connectivity index (χ4n) is 1.75. The molecule has 1 aliphatic heterocycles. The highest BCUT2D eigenvalue weighted by Gasteiger charge is 2.22. The van der Waals surface area contributed by atoms with Crippen molar-refractivity contribution in [2.75, 3.05) is 26.3 Å². The molecule has 0 aliphatic carbocycles. The number of carbonyl (C=O) groups excluding carboxylic acids is 1. The van der Waals surface area contributed by atoms with E-state index in [0.29, 0.717) is 24.4 Å². The average Bonchev–Trinajstić information content (AvgIpc) is 2.76. The molecule has 2 unspecified atom stereocenters. The van der Waals surface area contributed by atoms with Crippen LogP contribution in [0.15, 0.2) is 0 Å². The predicted molar refractivity (Wildman–Crippen MR) is 64.2 cm³/mol. The number of carbonyl (C=O) groups is 1. The van der Waals surface area contributed by atoms with Crippen LogP contribution >= 0.6 is 0 Å². The van der Waals surface area contributed by atoms with E-state index in [1.54, 1.807) is 0 Å². The van der Waals surface area contributed by atoms with Crippen LogP contribution in [-0.2, 0) is 9.53 Å². The van der Waals surface area contributed by atoms with Crippen LogP contribution in [0.4, 0.5) is 0 Å². The highest BCUT2D eigenvalue weighted by molar-refractivity contribution is 5.77. The van der Waals surface area contributed by atoms with Gasteiger partial charge in [0.25, 0.3) is 0 Å². The first kappa shape index (κ1) is 13.5. The quantitative estimate of drug-likeness (QED) is 0.706. The number of hydrogen-bond donors (Lipinski definition) is 2. The van der Waals surface area contributed by atoms with Crippen molar-refractivity contribution in [3.8, 4) is 0 Å². The minimum absolute atomic E-state index is 0.0828. The van der Waals surface area contributed by atoms with Crippen LogP contribution in [0.3, 0.4) is 0 Å². The van der Waals surface area contributed by atoms with Crippen molar-refractivity contribution >= 4 is 5.91 Å². The van der Waals surface area contributed by atoms with Gasteiger partial charge in [0.2, 0.25) is 5.91 Å². The fraction of sp³-hybridized carbons (Fsp3) is 0.917.